The molecule has 0 radical (unpaired) electrons. The number of nitrogens with two attached hydrogens (primary N) is 1. The number of nitrogen functional groups attached to an aromatic ring is 1. The quantitative estimate of drug-likeness (QED) is 0.892. The maximum absolute atomic E-state index is 8.99. The fraction of sp³-hybridized carbons (Fsp3) is 0.429. The number of nitrogens with zero attached hydrogens (tertiary/aromatic N) is 3. The number of ether oxygens (including phenoxy) is 1. The van der Waals surface area contributed by atoms with Crippen molar-refractivity contribution in [1.82, 2.24) is 9.55 Å². The van der Waals surface area contributed by atoms with E-state index in [4.69, 9.17) is 15.7 Å². The molecule has 1 aromatic carbocycles. The molecular weight excluding hydrogens is 240 g/mol. The first-order valence-corrected chi connectivity index (χ1v) is 6.41. The molecule has 0 aliphatic carbocycles. The Morgan fingerprint density at radius 1 is 1.58 bits per heavy atom. The lowest BCUT2D eigenvalue weighted by molar-refractivity contribution is 0.00750. The van der Waals surface area contributed by atoms with Crippen LogP contribution in [-0.4, -0.2) is 21.8 Å². The van der Waals surface area contributed by atoms with E-state index < -0.39 is 0 Å². The molecule has 2 aromatic rings. The summed E-state index contributed by atoms with van der Waals surface area (Å²) in [5, 5.41) is 8.99. The summed E-state index contributed by atoms with van der Waals surface area (Å²) in [6, 6.07) is 7.56. The molecule has 1 unspecified atom stereocenters. The number of benzene rings is 1. The van der Waals surface area contributed by atoms with Gasteiger partial charge >= 0.3 is 0 Å². The minimum atomic E-state index is -0.190. The highest BCUT2D eigenvalue weighted by Crippen LogP contribution is 2.30. The fourth-order valence-corrected chi connectivity index (χ4v) is 2.67. The summed E-state index contributed by atoms with van der Waals surface area (Å²) in [4.78, 5) is 4.34. The highest BCUT2D eigenvalue weighted by molar-refractivity contribution is 5.79. The van der Waals surface area contributed by atoms with Crippen molar-refractivity contribution in [3.63, 3.8) is 0 Å². The second kappa shape index (κ2) is 4.25. The molecule has 0 bridgehead atoms. The van der Waals surface area contributed by atoms with E-state index in [2.05, 4.69) is 18.0 Å². The fourth-order valence-electron chi connectivity index (χ4n) is 2.67. The van der Waals surface area contributed by atoms with Gasteiger partial charge in [0.05, 0.1) is 34.8 Å². The molecule has 0 saturated carbocycles. The van der Waals surface area contributed by atoms with Crippen LogP contribution in [0.25, 0.3) is 11.0 Å². The molecule has 5 heteroatoms. The van der Waals surface area contributed by atoms with Gasteiger partial charge in [-0.25, -0.2) is 4.98 Å². The number of rotatable bonds is 2. The highest BCUT2D eigenvalue weighted by atomic mass is 16.5. The van der Waals surface area contributed by atoms with Gasteiger partial charge in [-0.15, -0.1) is 0 Å². The van der Waals surface area contributed by atoms with Crippen LogP contribution in [-0.2, 0) is 11.3 Å². The Labute approximate surface area is 111 Å². The summed E-state index contributed by atoms with van der Waals surface area (Å²) in [5.74, 6) is 0.474. The van der Waals surface area contributed by atoms with Crippen LogP contribution >= 0.6 is 0 Å². The number of nitriles is 1. The van der Waals surface area contributed by atoms with Crippen molar-refractivity contribution < 1.29 is 4.74 Å². The van der Waals surface area contributed by atoms with Gasteiger partial charge in [0, 0.05) is 6.61 Å². The molecule has 2 heterocycles. The summed E-state index contributed by atoms with van der Waals surface area (Å²) in [6.45, 7) is 3.57. The van der Waals surface area contributed by atoms with Gasteiger partial charge in [-0.1, -0.05) is 0 Å². The lowest BCUT2D eigenvalue weighted by atomic mass is 10.0. The van der Waals surface area contributed by atoms with Crippen LogP contribution in [0, 0.1) is 11.3 Å². The van der Waals surface area contributed by atoms with Crippen LogP contribution in [0.2, 0.25) is 0 Å². The van der Waals surface area contributed by atoms with Crippen LogP contribution in [0.1, 0.15) is 25.3 Å². The molecule has 1 fully saturated rings. The maximum Gasteiger partial charge on any atom is 0.201 e. The first kappa shape index (κ1) is 12.0. The summed E-state index contributed by atoms with van der Waals surface area (Å²) >= 11 is 0. The van der Waals surface area contributed by atoms with Crippen molar-refractivity contribution >= 4 is 17.0 Å². The lowest BCUT2D eigenvalue weighted by Gasteiger charge is -2.24. The number of hydrogen-bond acceptors (Lipinski definition) is 4. The van der Waals surface area contributed by atoms with Gasteiger partial charge < -0.3 is 15.0 Å². The zero-order chi connectivity index (χ0) is 13.5. The van der Waals surface area contributed by atoms with Crippen molar-refractivity contribution in [3.05, 3.63) is 23.8 Å². The standard InChI is InChI=1S/C14H16N4O/c1-14(5-2-6-19-14)9-18-12-7-10(8-15)3-4-11(12)17-13(18)16/h3-4,7H,2,5-6,9H2,1H3,(H2,16,17). The van der Waals surface area contributed by atoms with E-state index in [-0.39, 0.29) is 5.60 Å². The van der Waals surface area contributed by atoms with Crippen LogP contribution in [0.3, 0.4) is 0 Å². The predicted octanol–water partition coefficient (Wildman–Crippen LogP) is 2.06. The Morgan fingerprint density at radius 3 is 3.11 bits per heavy atom. The zero-order valence-electron chi connectivity index (χ0n) is 10.9. The van der Waals surface area contributed by atoms with E-state index in [1.54, 1.807) is 6.07 Å². The molecule has 5 nitrogen and oxygen atoms in total. The molecule has 0 spiro atoms. The molecule has 1 saturated heterocycles. The normalized spacial score (nSPS) is 22.7. The van der Waals surface area contributed by atoms with Crippen LogP contribution in [0.15, 0.2) is 18.2 Å². The first-order valence-electron chi connectivity index (χ1n) is 6.41. The van der Waals surface area contributed by atoms with Gasteiger partial charge in [0.2, 0.25) is 5.95 Å². The van der Waals surface area contributed by atoms with Crippen LogP contribution in [0.4, 0.5) is 5.95 Å². The molecule has 1 aliphatic heterocycles. The monoisotopic (exact) mass is 256 g/mol. The molecule has 1 atom stereocenters. The second-order valence-electron chi connectivity index (χ2n) is 5.27. The molecule has 1 aromatic heterocycles. The van der Waals surface area contributed by atoms with Gasteiger partial charge in [0.25, 0.3) is 0 Å². The van der Waals surface area contributed by atoms with E-state index in [0.29, 0.717) is 18.1 Å². The predicted molar refractivity (Wildman–Crippen MR) is 72.5 cm³/mol. The summed E-state index contributed by atoms with van der Waals surface area (Å²) in [7, 11) is 0. The van der Waals surface area contributed by atoms with E-state index in [1.807, 2.05) is 16.7 Å². The average Bonchev–Trinajstić information content (AvgIpc) is 2.95. The Hall–Kier alpha value is -2.06. The Balaban J connectivity index is 2.07. The minimum Gasteiger partial charge on any atom is -0.373 e. The third-order valence-corrected chi connectivity index (χ3v) is 3.70. The third kappa shape index (κ3) is 2.04. The van der Waals surface area contributed by atoms with Crippen molar-refractivity contribution in [2.24, 2.45) is 0 Å². The number of imidazole rings is 1. The van der Waals surface area contributed by atoms with Crippen LogP contribution < -0.4 is 5.73 Å². The summed E-state index contributed by atoms with van der Waals surface area (Å²) in [6.07, 6.45) is 2.09. The largest absolute Gasteiger partial charge is 0.373 e. The lowest BCUT2D eigenvalue weighted by Crippen LogP contribution is -2.30. The highest BCUT2D eigenvalue weighted by Gasteiger charge is 2.31. The van der Waals surface area contributed by atoms with Crippen molar-refractivity contribution in [2.75, 3.05) is 12.3 Å². The molecule has 2 N–H and O–H groups in total. The second-order valence-corrected chi connectivity index (χ2v) is 5.27. The van der Waals surface area contributed by atoms with Gasteiger partial charge in [-0.05, 0) is 38.0 Å². The van der Waals surface area contributed by atoms with E-state index in [9.17, 15) is 0 Å². The molecule has 19 heavy (non-hydrogen) atoms. The number of aromatic nitrogens is 2. The maximum atomic E-state index is 8.99. The topological polar surface area (TPSA) is 76.9 Å². The van der Waals surface area contributed by atoms with Gasteiger partial charge in [0.1, 0.15) is 0 Å². The van der Waals surface area contributed by atoms with Gasteiger partial charge in [-0.3, -0.25) is 0 Å². The molecule has 98 valence electrons. The smallest absolute Gasteiger partial charge is 0.201 e. The van der Waals surface area contributed by atoms with Crippen molar-refractivity contribution in [2.45, 2.75) is 31.9 Å². The summed E-state index contributed by atoms with van der Waals surface area (Å²) in [5.41, 5.74) is 8.14. The van der Waals surface area contributed by atoms with E-state index in [0.717, 1.165) is 30.5 Å². The molecule has 1 aliphatic rings. The van der Waals surface area contributed by atoms with Crippen LogP contribution in [0.5, 0.6) is 0 Å². The molecule has 0 amide bonds. The van der Waals surface area contributed by atoms with Crippen molar-refractivity contribution in [3.8, 4) is 6.07 Å². The van der Waals surface area contributed by atoms with Gasteiger partial charge in [0.15, 0.2) is 0 Å². The Bertz CT molecular complexity index is 662. The van der Waals surface area contributed by atoms with E-state index >= 15 is 0 Å². The SMILES string of the molecule is CC1(Cn2c(N)nc3ccc(C#N)cc32)CCCO1. The average molecular weight is 256 g/mol. The third-order valence-electron chi connectivity index (χ3n) is 3.70. The Morgan fingerprint density at radius 2 is 2.42 bits per heavy atom. The van der Waals surface area contributed by atoms with Crippen molar-refractivity contribution in [1.29, 1.82) is 5.26 Å². The molecular formula is C14H16N4O. The zero-order valence-corrected chi connectivity index (χ0v) is 10.9. The summed E-state index contributed by atoms with van der Waals surface area (Å²) < 4.78 is 7.75. The Kier molecular flexibility index (Phi) is 2.68. The van der Waals surface area contributed by atoms with E-state index in [1.165, 1.54) is 0 Å². The molecule has 3 rings (SSSR count). The number of fused-ring (bicyclic) bond motifs is 1. The van der Waals surface area contributed by atoms with Gasteiger partial charge in [-0.2, -0.15) is 5.26 Å². The first-order chi connectivity index (χ1) is 9.11. The number of hydrogen-bond donors (Lipinski definition) is 1. The minimum absolute atomic E-state index is 0.190. The number of anilines is 1.